The Kier molecular flexibility index (Phi) is 5.88. The minimum atomic E-state index is -0.558. The highest BCUT2D eigenvalue weighted by molar-refractivity contribution is 7.13. The Morgan fingerprint density at radius 2 is 2.07 bits per heavy atom. The minimum Gasteiger partial charge on any atom is -0.444 e. The molecule has 2 aromatic rings. The standard InChI is InChI=1S/C17H21Cl2N5O3S/c1-9-7-23(16(26)27-17(2,3)4)5-6-24(9)14-10(18)15(25)22-13(21-14)11-12(19)20-8-28-11/h8-9H,5-7H2,1-4H3,(H,21,22,25)/t9-/m1/s1. The Balaban J connectivity index is 1.85. The van der Waals surface area contributed by atoms with Crippen LogP contribution in [0.1, 0.15) is 27.7 Å². The van der Waals surface area contributed by atoms with E-state index in [2.05, 4.69) is 15.0 Å². The van der Waals surface area contributed by atoms with E-state index in [4.69, 9.17) is 27.9 Å². The predicted octanol–water partition coefficient (Wildman–Crippen LogP) is 3.65. The number of thiazole rings is 1. The Morgan fingerprint density at radius 3 is 2.64 bits per heavy atom. The zero-order valence-corrected chi connectivity index (χ0v) is 18.3. The minimum absolute atomic E-state index is 0.00181. The number of nitrogens with zero attached hydrogens (tertiary/aromatic N) is 4. The van der Waals surface area contributed by atoms with Gasteiger partial charge in [-0.25, -0.2) is 14.8 Å². The molecule has 0 unspecified atom stereocenters. The fourth-order valence-electron chi connectivity index (χ4n) is 2.90. The molecule has 28 heavy (non-hydrogen) atoms. The molecule has 11 heteroatoms. The molecule has 1 fully saturated rings. The number of nitrogens with one attached hydrogen (secondary N) is 1. The van der Waals surface area contributed by atoms with Gasteiger partial charge in [-0.3, -0.25) is 4.79 Å². The normalized spacial score (nSPS) is 17.7. The average molecular weight is 446 g/mol. The first-order chi connectivity index (χ1) is 13.1. The molecule has 1 saturated heterocycles. The van der Waals surface area contributed by atoms with Gasteiger partial charge in [0.1, 0.15) is 15.5 Å². The molecule has 0 bridgehead atoms. The van der Waals surface area contributed by atoms with Crippen LogP contribution in [-0.4, -0.2) is 57.2 Å². The largest absolute Gasteiger partial charge is 0.444 e. The third-order valence-electron chi connectivity index (χ3n) is 4.14. The molecular weight excluding hydrogens is 425 g/mol. The summed E-state index contributed by atoms with van der Waals surface area (Å²) in [5, 5.41) is 0.270. The molecular formula is C17H21Cl2N5O3S. The van der Waals surface area contributed by atoms with Gasteiger partial charge in [0, 0.05) is 25.7 Å². The number of hydrogen-bond donors (Lipinski definition) is 1. The van der Waals surface area contributed by atoms with E-state index in [0.29, 0.717) is 36.2 Å². The third-order valence-corrected chi connectivity index (χ3v) is 5.71. The summed E-state index contributed by atoms with van der Waals surface area (Å²) in [7, 11) is 0. The Morgan fingerprint density at radius 1 is 1.36 bits per heavy atom. The van der Waals surface area contributed by atoms with Crippen LogP contribution in [0.4, 0.5) is 10.6 Å². The van der Waals surface area contributed by atoms with E-state index < -0.39 is 11.2 Å². The smallest absolute Gasteiger partial charge is 0.410 e. The summed E-state index contributed by atoms with van der Waals surface area (Å²) in [6, 6.07) is -0.113. The second kappa shape index (κ2) is 7.88. The molecule has 1 atom stereocenters. The van der Waals surface area contributed by atoms with E-state index in [9.17, 15) is 9.59 Å². The summed E-state index contributed by atoms with van der Waals surface area (Å²) in [4.78, 5) is 40.0. The molecule has 1 N–H and O–H groups in total. The predicted molar refractivity (Wildman–Crippen MR) is 111 cm³/mol. The van der Waals surface area contributed by atoms with Crippen molar-refractivity contribution in [2.24, 2.45) is 0 Å². The fourth-order valence-corrected chi connectivity index (χ4v) is 4.05. The summed E-state index contributed by atoms with van der Waals surface area (Å²) in [6.07, 6.45) is -0.360. The number of H-pyrrole nitrogens is 1. The maximum absolute atomic E-state index is 12.3. The van der Waals surface area contributed by atoms with Crippen LogP contribution >= 0.6 is 34.5 Å². The van der Waals surface area contributed by atoms with Gasteiger partial charge in [-0.1, -0.05) is 23.2 Å². The van der Waals surface area contributed by atoms with Crippen LogP contribution in [0.15, 0.2) is 10.3 Å². The lowest BCUT2D eigenvalue weighted by Crippen LogP contribution is -2.55. The highest BCUT2D eigenvalue weighted by Gasteiger charge is 2.32. The van der Waals surface area contributed by atoms with Crippen molar-refractivity contribution in [3.8, 4) is 10.7 Å². The molecule has 0 aromatic carbocycles. The molecule has 1 amide bonds. The number of aromatic amines is 1. The Labute approximate surface area is 176 Å². The lowest BCUT2D eigenvalue weighted by atomic mass is 10.2. The van der Waals surface area contributed by atoms with Crippen molar-refractivity contribution in [3.63, 3.8) is 0 Å². The number of hydrogen-bond acceptors (Lipinski definition) is 7. The van der Waals surface area contributed by atoms with E-state index >= 15 is 0 Å². The number of ether oxygens (including phenoxy) is 1. The summed E-state index contributed by atoms with van der Waals surface area (Å²) in [6.45, 7) is 8.75. The van der Waals surface area contributed by atoms with Gasteiger partial charge in [0.05, 0.1) is 5.51 Å². The highest BCUT2D eigenvalue weighted by Crippen LogP contribution is 2.31. The van der Waals surface area contributed by atoms with Crippen LogP contribution < -0.4 is 10.5 Å². The van der Waals surface area contributed by atoms with Crippen LogP contribution in [-0.2, 0) is 4.74 Å². The van der Waals surface area contributed by atoms with Gasteiger partial charge < -0.3 is 19.5 Å². The zero-order chi connectivity index (χ0) is 20.6. The number of aromatic nitrogens is 3. The average Bonchev–Trinajstić information content (AvgIpc) is 3.02. The van der Waals surface area contributed by atoms with Crippen molar-refractivity contribution in [1.29, 1.82) is 0 Å². The maximum Gasteiger partial charge on any atom is 0.410 e. The lowest BCUT2D eigenvalue weighted by molar-refractivity contribution is 0.0218. The molecule has 0 spiro atoms. The molecule has 0 saturated carbocycles. The van der Waals surface area contributed by atoms with E-state index in [-0.39, 0.29) is 22.3 Å². The van der Waals surface area contributed by atoms with Gasteiger partial charge in [0.25, 0.3) is 5.56 Å². The molecule has 0 aliphatic carbocycles. The molecule has 1 aliphatic rings. The number of carbonyl (C=O) groups excluding carboxylic acids is 1. The second-order valence-corrected chi connectivity index (χ2v) is 9.08. The van der Waals surface area contributed by atoms with Crippen molar-refractivity contribution in [2.45, 2.75) is 39.3 Å². The number of carbonyl (C=O) groups is 1. The topological polar surface area (TPSA) is 91.4 Å². The number of amides is 1. The zero-order valence-electron chi connectivity index (χ0n) is 16.0. The van der Waals surface area contributed by atoms with Gasteiger partial charge >= 0.3 is 6.09 Å². The summed E-state index contributed by atoms with van der Waals surface area (Å²) in [5.74, 6) is 0.680. The molecule has 152 valence electrons. The fraction of sp³-hybridized carbons (Fsp3) is 0.529. The lowest BCUT2D eigenvalue weighted by Gasteiger charge is -2.41. The first kappa shape index (κ1) is 20.9. The van der Waals surface area contributed by atoms with Crippen LogP contribution in [0.3, 0.4) is 0 Å². The van der Waals surface area contributed by atoms with Gasteiger partial charge in [-0.05, 0) is 27.7 Å². The second-order valence-electron chi connectivity index (χ2n) is 7.49. The quantitative estimate of drug-likeness (QED) is 0.758. The summed E-state index contributed by atoms with van der Waals surface area (Å²) >= 11 is 13.6. The van der Waals surface area contributed by atoms with Gasteiger partial charge in [-0.15, -0.1) is 11.3 Å². The van der Waals surface area contributed by atoms with Crippen LogP contribution in [0.2, 0.25) is 10.2 Å². The van der Waals surface area contributed by atoms with Crippen LogP contribution in [0.25, 0.3) is 10.7 Å². The molecule has 3 rings (SSSR count). The van der Waals surface area contributed by atoms with Crippen LogP contribution in [0.5, 0.6) is 0 Å². The number of piperazine rings is 1. The van der Waals surface area contributed by atoms with Crippen molar-refractivity contribution >= 4 is 46.4 Å². The number of anilines is 1. The van der Waals surface area contributed by atoms with E-state index in [1.807, 2.05) is 32.6 Å². The van der Waals surface area contributed by atoms with Crippen molar-refractivity contribution < 1.29 is 9.53 Å². The SMILES string of the molecule is C[C@@H]1CN(C(=O)OC(C)(C)C)CCN1c1nc(-c2scnc2Cl)[nH]c(=O)c1Cl. The summed E-state index contributed by atoms with van der Waals surface area (Å²) < 4.78 is 5.44. The molecule has 0 radical (unpaired) electrons. The van der Waals surface area contributed by atoms with Crippen molar-refractivity contribution in [2.75, 3.05) is 24.5 Å². The van der Waals surface area contributed by atoms with Gasteiger partial charge in [0.2, 0.25) is 0 Å². The first-order valence-corrected chi connectivity index (χ1v) is 10.3. The van der Waals surface area contributed by atoms with E-state index in [1.165, 1.54) is 11.3 Å². The maximum atomic E-state index is 12.3. The Hall–Kier alpha value is -1.84. The van der Waals surface area contributed by atoms with E-state index in [0.717, 1.165) is 0 Å². The van der Waals surface area contributed by atoms with Gasteiger partial charge in [-0.2, -0.15) is 0 Å². The van der Waals surface area contributed by atoms with Crippen molar-refractivity contribution in [3.05, 3.63) is 26.0 Å². The van der Waals surface area contributed by atoms with Crippen LogP contribution in [0, 0.1) is 0 Å². The number of rotatable bonds is 2. The molecule has 2 aromatic heterocycles. The number of halogens is 2. The Bertz CT molecular complexity index is 940. The summed E-state index contributed by atoms with van der Waals surface area (Å²) in [5.41, 5.74) is 0.569. The van der Waals surface area contributed by atoms with Gasteiger partial charge in [0.15, 0.2) is 16.8 Å². The van der Waals surface area contributed by atoms with E-state index in [1.54, 1.807) is 10.4 Å². The molecule has 1 aliphatic heterocycles. The third kappa shape index (κ3) is 4.42. The first-order valence-electron chi connectivity index (χ1n) is 8.70. The molecule has 8 nitrogen and oxygen atoms in total. The van der Waals surface area contributed by atoms with Crippen molar-refractivity contribution in [1.82, 2.24) is 19.9 Å². The molecule has 3 heterocycles. The highest BCUT2D eigenvalue weighted by atomic mass is 35.5. The monoisotopic (exact) mass is 445 g/mol.